The fourth-order valence-electron chi connectivity index (χ4n) is 3.08. The number of rotatable bonds is 7. The number of nitrogens with zero attached hydrogens (tertiary/aromatic N) is 2. The summed E-state index contributed by atoms with van der Waals surface area (Å²) in [7, 11) is 0. The van der Waals surface area contributed by atoms with E-state index in [1.807, 2.05) is 13.8 Å². The number of amides is 1. The van der Waals surface area contributed by atoms with Crippen LogP contribution in [0.2, 0.25) is 5.02 Å². The van der Waals surface area contributed by atoms with Crippen molar-refractivity contribution in [1.82, 2.24) is 15.5 Å². The summed E-state index contributed by atoms with van der Waals surface area (Å²) in [4.78, 5) is 30.9. The highest BCUT2D eigenvalue weighted by Crippen LogP contribution is 2.18. The van der Waals surface area contributed by atoms with Gasteiger partial charge in [0.25, 0.3) is 5.91 Å². The average Bonchev–Trinajstić information content (AvgIpc) is 2.71. The topological polar surface area (TPSA) is 83.0 Å². The highest BCUT2D eigenvalue weighted by atomic mass is 35.5. The molecule has 0 radical (unpaired) electrons. The fourth-order valence-corrected chi connectivity index (χ4v) is 3.21. The van der Waals surface area contributed by atoms with Crippen molar-refractivity contribution in [2.75, 3.05) is 39.3 Å². The Morgan fingerprint density at radius 1 is 1.25 bits per heavy atom. The summed E-state index contributed by atoms with van der Waals surface area (Å²) in [5.41, 5.74) is 0.564. The number of carbonyl (C=O) groups excluding carboxylic acids is 2. The molecule has 1 heterocycles. The number of carbonyl (C=O) groups is 2. The van der Waals surface area contributed by atoms with E-state index in [4.69, 9.17) is 16.3 Å². The lowest BCUT2D eigenvalue weighted by atomic mass is 9.98. The minimum atomic E-state index is -0.155. The third kappa shape index (κ3) is 6.71. The summed E-state index contributed by atoms with van der Waals surface area (Å²) in [6.45, 7) is 7.27. The van der Waals surface area contributed by atoms with Crippen LogP contribution in [0.3, 0.4) is 0 Å². The second-order valence-corrected chi connectivity index (χ2v) is 6.97. The van der Waals surface area contributed by atoms with Gasteiger partial charge in [-0.1, -0.05) is 11.6 Å². The van der Waals surface area contributed by atoms with E-state index in [1.54, 1.807) is 24.3 Å². The van der Waals surface area contributed by atoms with Crippen molar-refractivity contribution in [2.24, 2.45) is 10.9 Å². The number of benzene rings is 1. The lowest BCUT2D eigenvalue weighted by Crippen LogP contribution is -2.48. The third-order valence-corrected chi connectivity index (χ3v) is 4.69. The Morgan fingerprint density at radius 3 is 2.68 bits per heavy atom. The molecule has 0 aromatic heterocycles. The van der Waals surface area contributed by atoms with Gasteiger partial charge in [-0.15, -0.1) is 0 Å². The quantitative estimate of drug-likeness (QED) is 0.313. The molecular formula is C20H29ClN4O3. The van der Waals surface area contributed by atoms with E-state index in [0.717, 1.165) is 31.9 Å². The van der Waals surface area contributed by atoms with Crippen LogP contribution in [0.1, 0.15) is 37.0 Å². The number of esters is 1. The Bertz CT molecular complexity index is 679. The molecule has 7 nitrogen and oxygen atoms in total. The first-order chi connectivity index (χ1) is 13.5. The molecule has 0 saturated carbocycles. The second-order valence-electron chi connectivity index (χ2n) is 6.54. The van der Waals surface area contributed by atoms with E-state index in [-0.39, 0.29) is 17.8 Å². The van der Waals surface area contributed by atoms with E-state index in [0.29, 0.717) is 36.8 Å². The number of aliphatic imine (C=N–C) groups is 1. The SMILES string of the molecule is CCNC(=NCCNC(=O)c1ccc(Cl)cc1)N1CCCC(C(=O)OCC)C1. The third-order valence-electron chi connectivity index (χ3n) is 4.44. The van der Waals surface area contributed by atoms with Gasteiger partial charge in [-0.3, -0.25) is 14.6 Å². The number of likely N-dealkylation sites (tertiary alicyclic amines) is 1. The molecule has 1 unspecified atom stereocenters. The van der Waals surface area contributed by atoms with E-state index in [1.165, 1.54) is 0 Å². The van der Waals surface area contributed by atoms with Crippen molar-refractivity contribution in [2.45, 2.75) is 26.7 Å². The maximum atomic E-state index is 12.1. The average molecular weight is 409 g/mol. The summed E-state index contributed by atoms with van der Waals surface area (Å²) in [5, 5.41) is 6.72. The zero-order valence-corrected chi connectivity index (χ0v) is 17.3. The molecule has 1 saturated heterocycles. The molecule has 28 heavy (non-hydrogen) atoms. The van der Waals surface area contributed by atoms with Crippen LogP contribution >= 0.6 is 11.6 Å². The van der Waals surface area contributed by atoms with Crippen LogP contribution in [0.4, 0.5) is 0 Å². The Labute approximate surface area is 171 Å². The highest BCUT2D eigenvalue weighted by molar-refractivity contribution is 6.30. The Kier molecular flexibility index (Phi) is 9.07. The molecule has 1 aliphatic rings. The van der Waals surface area contributed by atoms with Gasteiger partial charge in [0.2, 0.25) is 0 Å². The molecule has 0 bridgehead atoms. The Hall–Kier alpha value is -2.28. The van der Waals surface area contributed by atoms with Crippen LogP contribution in [0.5, 0.6) is 0 Å². The number of ether oxygens (including phenoxy) is 1. The lowest BCUT2D eigenvalue weighted by Gasteiger charge is -2.34. The van der Waals surface area contributed by atoms with Gasteiger partial charge in [-0.05, 0) is 51.0 Å². The van der Waals surface area contributed by atoms with Crippen molar-refractivity contribution >= 4 is 29.4 Å². The number of piperidine rings is 1. The summed E-state index contributed by atoms with van der Waals surface area (Å²) in [6, 6.07) is 6.75. The Morgan fingerprint density at radius 2 is 2.00 bits per heavy atom. The molecule has 1 aliphatic heterocycles. The van der Waals surface area contributed by atoms with Gasteiger partial charge in [0.05, 0.1) is 19.1 Å². The van der Waals surface area contributed by atoms with Gasteiger partial charge < -0.3 is 20.3 Å². The monoisotopic (exact) mass is 408 g/mol. The van der Waals surface area contributed by atoms with E-state index in [2.05, 4.69) is 20.5 Å². The van der Waals surface area contributed by atoms with Gasteiger partial charge >= 0.3 is 5.97 Å². The van der Waals surface area contributed by atoms with Crippen LogP contribution in [0.25, 0.3) is 0 Å². The van der Waals surface area contributed by atoms with Crippen LogP contribution in [0.15, 0.2) is 29.3 Å². The molecular weight excluding hydrogens is 380 g/mol. The van der Waals surface area contributed by atoms with E-state index in [9.17, 15) is 9.59 Å². The molecule has 0 spiro atoms. The molecule has 1 atom stereocenters. The van der Waals surface area contributed by atoms with Gasteiger partial charge in [0.1, 0.15) is 0 Å². The molecule has 0 aliphatic carbocycles. The van der Waals surface area contributed by atoms with Crippen molar-refractivity contribution in [1.29, 1.82) is 0 Å². The molecule has 1 aromatic rings. The minimum absolute atomic E-state index is 0.123. The first-order valence-corrected chi connectivity index (χ1v) is 10.2. The van der Waals surface area contributed by atoms with E-state index < -0.39 is 0 Å². The zero-order valence-electron chi connectivity index (χ0n) is 16.5. The number of guanidine groups is 1. The first-order valence-electron chi connectivity index (χ1n) is 9.78. The summed E-state index contributed by atoms with van der Waals surface area (Å²) >= 11 is 5.84. The van der Waals surface area contributed by atoms with E-state index >= 15 is 0 Å². The van der Waals surface area contributed by atoms with Crippen molar-refractivity contribution in [3.8, 4) is 0 Å². The number of hydrogen-bond donors (Lipinski definition) is 2. The maximum Gasteiger partial charge on any atom is 0.310 e. The van der Waals surface area contributed by atoms with Crippen LogP contribution in [-0.4, -0.2) is 62.1 Å². The van der Waals surface area contributed by atoms with Crippen molar-refractivity contribution in [3.63, 3.8) is 0 Å². The summed E-state index contributed by atoms with van der Waals surface area (Å²) < 4.78 is 5.16. The van der Waals surface area contributed by atoms with Crippen LogP contribution < -0.4 is 10.6 Å². The first kappa shape index (κ1) is 22.0. The van der Waals surface area contributed by atoms with Crippen molar-refractivity contribution < 1.29 is 14.3 Å². The standard InChI is InChI=1S/C20H29ClN4O3/c1-3-22-20(25-13-5-6-16(14-25)19(27)28-4-2)24-12-11-23-18(26)15-7-9-17(21)10-8-15/h7-10,16H,3-6,11-14H2,1-2H3,(H,22,24)(H,23,26). The lowest BCUT2D eigenvalue weighted by molar-refractivity contribution is -0.149. The molecule has 154 valence electrons. The predicted octanol–water partition coefficient (Wildman–Crippen LogP) is 2.31. The zero-order chi connectivity index (χ0) is 20.4. The smallest absolute Gasteiger partial charge is 0.310 e. The molecule has 8 heteroatoms. The van der Waals surface area contributed by atoms with Gasteiger partial charge in [0, 0.05) is 36.8 Å². The molecule has 1 amide bonds. The summed E-state index contributed by atoms with van der Waals surface area (Å²) in [5.74, 6) is 0.342. The maximum absolute atomic E-state index is 12.1. The molecule has 2 rings (SSSR count). The largest absolute Gasteiger partial charge is 0.466 e. The van der Waals surface area contributed by atoms with Crippen LogP contribution in [0, 0.1) is 5.92 Å². The minimum Gasteiger partial charge on any atom is -0.466 e. The molecule has 1 aromatic carbocycles. The number of nitrogens with one attached hydrogen (secondary N) is 2. The second kappa shape index (κ2) is 11.5. The fraction of sp³-hybridized carbons (Fsp3) is 0.550. The van der Waals surface area contributed by atoms with Gasteiger partial charge in [-0.25, -0.2) is 0 Å². The highest BCUT2D eigenvalue weighted by Gasteiger charge is 2.28. The van der Waals surface area contributed by atoms with Crippen molar-refractivity contribution in [3.05, 3.63) is 34.9 Å². The summed E-state index contributed by atoms with van der Waals surface area (Å²) in [6.07, 6.45) is 1.76. The normalized spacial score (nSPS) is 17.2. The number of halogens is 1. The van der Waals surface area contributed by atoms with Crippen LogP contribution in [-0.2, 0) is 9.53 Å². The molecule has 1 fully saturated rings. The molecule has 2 N–H and O–H groups in total. The Balaban J connectivity index is 1.88. The van der Waals surface area contributed by atoms with Gasteiger partial charge in [-0.2, -0.15) is 0 Å². The predicted molar refractivity (Wildman–Crippen MR) is 111 cm³/mol. The van der Waals surface area contributed by atoms with Gasteiger partial charge in [0.15, 0.2) is 5.96 Å². The number of hydrogen-bond acceptors (Lipinski definition) is 4.